The van der Waals surface area contributed by atoms with E-state index in [0.717, 1.165) is 18.7 Å². The Labute approximate surface area is 157 Å². The largest absolute Gasteiger partial charge is 0.365 e. The van der Waals surface area contributed by atoms with Gasteiger partial charge in [0.15, 0.2) is 5.69 Å². The predicted octanol–water partition coefficient (Wildman–Crippen LogP) is 1.85. The number of carbonyl (C=O) groups is 1. The van der Waals surface area contributed by atoms with E-state index < -0.39 is 0 Å². The van der Waals surface area contributed by atoms with Gasteiger partial charge in [-0.05, 0) is 31.5 Å². The topological polar surface area (TPSA) is 63.5 Å². The molecule has 2 aliphatic heterocycles. The first-order valence-corrected chi connectivity index (χ1v) is 9.35. The second kappa shape index (κ2) is 7.36. The average molecular weight is 373 g/mol. The van der Waals surface area contributed by atoms with Crippen LogP contribution in [0.1, 0.15) is 41.7 Å². The van der Waals surface area contributed by atoms with Gasteiger partial charge in [-0.1, -0.05) is 17.3 Å². The van der Waals surface area contributed by atoms with Gasteiger partial charge in [0.25, 0.3) is 5.91 Å². The summed E-state index contributed by atoms with van der Waals surface area (Å²) in [5.41, 5.74) is 1.98. The number of carbonyl (C=O) groups excluding carboxylic acids is 1. The van der Waals surface area contributed by atoms with Crippen LogP contribution in [0.5, 0.6) is 0 Å². The fourth-order valence-corrected chi connectivity index (χ4v) is 3.65. The van der Waals surface area contributed by atoms with Crippen LogP contribution in [-0.2, 0) is 17.9 Å². The first-order chi connectivity index (χ1) is 13.0. The van der Waals surface area contributed by atoms with Gasteiger partial charge in [-0.25, -0.2) is 9.07 Å². The van der Waals surface area contributed by atoms with Crippen molar-refractivity contribution in [1.29, 1.82) is 0 Å². The number of halogens is 1. The zero-order chi connectivity index (χ0) is 19.0. The van der Waals surface area contributed by atoms with Crippen LogP contribution in [0.4, 0.5) is 4.39 Å². The van der Waals surface area contributed by atoms with E-state index in [2.05, 4.69) is 29.1 Å². The molecule has 0 unspecified atom stereocenters. The van der Waals surface area contributed by atoms with E-state index in [0.29, 0.717) is 37.1 Å². The van der Waals surface area contributed by atoms with Crippen LogP contribution in [0, 0.1) is 5.82 Å². The van der Waals surface area contributed by atoms with Gasteiger partial charge < -0.3 is 9.64 Å². The van der Waals surface area contributed by atoms with Crippen molar-refractivity contribution < 1.29 is 13.9 Å². The van der Waals surface area contributed by atoms with Gasteiger partial charge in [0.1, 0.15) is 11.9 Å². The Hall–Kier alpha value is -2.32. The number of fused-ring (bicyclic) bond motifs is 1. The Morgan fingerprint density at radius 2 is 1.89 bits per heavy atom. The molecule has 1 atom stereocenters. The maximum atomic E-state index is 13.1. The van der Waals surface area contributed by atoms with Gasteiger partial charge in [-0.15, -0.1) is 5.10 Å². The van der Waals surface area contributed by atoms with Crippen LogP contribution in [-0.4, -0.2) is 62.9 Å². The number of rotatable bonds is 3. The van der Waals surface area contributed by atoms with Crippen molar-refractivity contribution >= 4 is 5.91 Å². The molecule has 1 amide bonds. The van der Waals surface area contributed by atoms with E-state index in [1.54, 1.807) is 16.8 Å². The molecular formula is C19H24FN5O2. The fourth-order valence-electron chi connectivity index (χ4n) is 3.65. The van der Waals surface area contributed by atoms with Crippen molar-refractivity contribution in [3.63, 3.8) is 0 Å². The van der Waals surface area contributed by atoms with Crippen LogP contribution in [0.25, 0.3) is 0 Å². The van der Waals surface area contributed by atoms with Gasteiger partial charge in [0.2, 0.25) is 0 Å². The number of benzene rings is 1. The SMILES string of the molecule is CC(C)N1CCN(C(=O)c2nnn3c2CO[C@H](c2ccc(F)cc2)C3)CC1. The van der Waals surface area contributed by atoms with E-state index in [9.17, 15) is 9.18 Å². The Morgan fingerprint density at radius 3 is 2.56 bits per heavy atom. The van der Waals surface area contributed by atoms with E-state index in [-0.39, 0.29) is 24.4 Å². The lowest BCUT2D eigenvalue weighted by atomic mass is 10.1. The number of hydrogen-bond acceptors (Lipinski definition) is 5. The van der Waals surface area contributed by atoms with Crippen molar-refractivity contribution in [2.24, 2.45) is 0 Å². The molecule has 1 saturated heterocycles. The second-order valence-corrected chi connectivity index (χ2v) is 7.34. The molecule has 1 aromatic heterocycles. The normalized spacial score (nSPS) is 20.7. The molecule has 2 aromatic rings. The summed E-state index contributed by atoms with van der Waals surface area (Å²) in [5, 5.41) is 8.30. The zero-order valence-electron chi connectivity index (χ0n) is 15.6. The minimum atomic E-state index is -0.276. The minimum Gasteiger partial charge on any atom is -0.365 e. The fraction of sp³-hybridized carbons (Fsp3) is 0.526. The molecule has 0 spiro atoms. The van der Waals surface area contributed by atoms with Crippen LogP contribution in [0.2, 0.25) is 0 Å². The van der Waals surface area contributed by atoms with Gasteiger partial charge in [0.05, 0.1) is 18.8 Å². The molecule has 0 N–H and O–H groups in total. The standard InChI is InChI=1S/C19H24FN5O2/c1-13(2)23-7-9-24(10-8-23)19(26)18-16-12-27-17(11-25(16)22-21-18)14-3-5-15(20)6-4-14/h3-6,13,17H,7-12H2,1-2H3/t17-/m0/s1. The highest BCUT2D eigenvalue weighted by atomic mass is 19.1. The second-order valence-electron chi connectivity index (χ2n) is 7.34. The van der Waals surface area contributed by atoms with E-state index in [1.165, 1.54) is 12.1 Å². The monoisotopic (exact) mass is 373 g/mol. The van der Waals surface area contributed by atoms with Crippen molar-refractivity contribution in [2.45, 2.75) is 39.1 Å². The highest BCUT2D eigenvalue weighted by Gasteiger charge is 2.31. The van der Waals surface area contributed by atoms with Crippen LogP contribution >= 0.6 is 0 Å². The van der Waals surface area contributed by atoms with Crippen LogP contribution in [0.15, 0.2) is 24.3 Å². The first kappa shape index (κ1) is 18.1. The number of piperazine rings is 1. The van der Waals surface area contributed by atoms with E-state index >= 15 is 0 Å². The summed E-state index contributed by atoms with van der Waals surface area (Å²) in [6, 6.07) is 6.74. The van der Waals surface area contributed by atoms with Crippen LogP contribution in [0.3, 0.4) is 0 Å². The van der Waals surface area contributed by atoms with Crippen molar-refractivity contribution in [2.75, 3.05) is 26.2 Å². The summed E-state index contributed by atoms with van der Waals surface area (Å²) in [5.74, 6) is -0.357. The molecule has 7 nitrogen and oxygen atoms in total. The molecule has 0 radical (unpaired) electrons. The molecule has 1 aromatic carbocycles. The number of hydrogen-bond donors (Lipinski definition) is 0. The van der Waals surface area contributed by atoms with Crippen molar-refractivity contribution in [3.05, 3.63) is 47.0 Å². The molecular weight excluding hydrogens is 349 g/mol. The lowest BCUT2D eigenvalue weighted by molar-refractivity contribution is -0.00209. The smallest absolute Gasteiger partial charge is 0.276 e. The number of amides is 1. The van der Waals surface area contributed by atoms with E-state index in [1.807, 2.05) is 4.90 Å². The summed E-state index contributed by atoms with van der Waals surface area (Å²) in [4.78, 5) is 17.1. The highest BCUT2D eigenvalue weighted by Crippen LogP contribution is 2.27. The lowest BCUT2D eigenvalue weighted by Crippen LogP contribution is -2.51. The number of aromatic nitrogens is 3. The molecule has 1 fully saturated rings. The first-order valence-electron chi connectivity index (χ1n) is 9.35. The van der Waals surface area contributed by atoms with Gasteiger partial charge in [-0.3, -0.25) is 9.69 Å². The van der Waals surface area contributed by atoms with Crippen molar-refractivity contribution in [1.82, 2.24) is 24.8 Å². The third-order valence-corrected chi connectivity index (χ3v) is 5.37. The molecule has 0 bridgehead atoms. The molecule has 27 heavy (non-hydrogen) atoms. The van der Waals surface area contributed by atoms with Crippen LogP contribution < -0.4 is 0 Å². The summed E-state index contributed by atoms with van der Waals surface area (Å²) in [7, 11) is 0. The zero-order valence-corrected chi connectivity index (χ0v) is 15.6. The summed E-state index contributed by atoms with van der Waals surface area (Å²) in [6.07, 6.45) is -0.225. The van der Waals surface area contributed by atoms with Gasteiger partial charge in [-0.2, -0.15) is 0 Å². The number of ether oxygens (including phenoxy) is 1. The Balaban J connectivity index is 1.45. The summed E-state index contributed by atoms with van der Waals surface area (Å²) >= 11 is 0. The molecule has 144 valence electrons. The quantitative estimate of drug-likeness (QED) is 0.822. The molecule has 8 heteroatoms. The van der Waals surface area contributed by atoms with E-state index in [4.69, 9.17) is 4.74 Å². The predicted molar refractivity (Wildman–Crippen MR) is 96.6 cm³/mol. The maximum Gasteiger partial charge on any atom is 0.276 e. The van der Waals surface area contributed by atoms with Crippen molar-refractivity contribution in [3.8, 4) is 0 Å². The summed E-state index contributed by atoms with van der Waals surface area (Å²) in [6.45, 7) is 8.20. The molecule has 2 aliphatic rings. The average Bonchev–Trinajstić information content (AvgIpc) is 3.11. The third-order valence-electron chi connectivity index (χ3n) is 5.37. The Bertz CT molecular complexity index is 812. The summed E-state index contributed by atoms with van der Waals surface area (Å²) < 4.78 is 20.8. The third kappa shape index (κ3) is 3.59. The van der Waals surface area contributed by atoms with Gasteiger partial charge >= 0.3 is 0 Å². The number of nitrogens with zero attached hydrogens (tertiary/aromatic N) is 5. The highest BCUT2D eigenvalue weighted by molar-refractivity contribution is 5.93. The molecule has 3 heterocycles. The molecule has 0 saturated carbocycles. The molecule has 4 rings (SSSR count). The van der Waals surface area contributed by atoms with Gasteiger partial charge in [0, 0.05) is 32.2 Å². The Kier molecular flexibility index (Phi) is 4.92. The molecule has 0 aliphatic carbocycles. The minimum absolute atomic E-state index is 0.0801. The Morgan fingerprint density at radius 1 is 1.19 bits per heavy atom. The lowest BCUT2D eigenvalue weighted by Gasteiger charge is -2.36. The maximum absolute atomic E-state index is 13.1.